The average Bonchev–Trinajstić information content (AvgIpc) is 2.72. The minimum atomic E-state index is -0.966. The predicted molar refractivity (Wildman–Crippen MR) is 108 cm³/mol. The first-order valence-electron chi connectivity index (χ1n) is 9.08. The molecule has 0 N–H and O–H groups in total. The summed E-state index contributed by atoms with van der Waals surface area (Å²) in [6.45, 7) is 0.563. The second kappa shape index (κ2) is 10.3. The molecule has 2 rings (SSSR count). The highest BCUT2D eigenvalue weighted by molar-refractivity contribution is 5.95. The number of carbonyl (C=O) groups excluding carboxylic acids is 2. The van der Waals surface area contributed by atoms with Crippen molar-refractivity contribution in [1.82, 2.24) is 0 Å². The Hall–Kier alpha value is -3.02. The van der Waals surface area contributed by atoms with E-state index in [2.05, 4.69) is 38.6 Å². The molecule has 0 aliphatic carbocycles. The van der Waals surface area contributed by atoms with Crippen LogP contribution in [0.25, 0.3) is 0 Å². The average molecular weight is 385 g/mol. The number of benzene rings is 2. The molecule has 0 aliphatic rings. The Kier molecular flexibility index (Phi) is 7.87. The van der Waals surface area contributed by atoms with Gasteiger partial charge in [0.2, 0.25) is 0 Å². The first-order valence-corrected chi connectivity index (χ1v) is 9.08. The maximum Gasteiger partial charge on any atom is 0.320 e. The van der Waals surface area contributed by atoms with E-state index in [-0.39, 0.29) is 6.42 Å². The molecular formula is C22H27NO5. The molecule has 0 aliphatic heterocycles. The van der Waals surface area contributed by atoms with Crippen LogP contribution >= 0.6 is 0 Å². The summed E-state index contributed by atoms with van der Waals surface area (Å²) in [5, 5.41) is 0. The summed E-state index contributed by atoms with van der Waals surface area (Å²) in [7, 11) is 6.53. The smallest absolute Gasteiger partial charge is 0.320 e. The first kappa shape index (κ1) is 21.3. The van der Waals surface area contributed by atoms with Crippen molar-refractivity contribution >= 4 is 17.6 Å². The van der Waals surface area contributed by atoms with Crippen molar-refractivity contribution < 1.29 is 23.8 Å². The second-order valence-electron chi connectivity index (χ2n) is 6.61. The van der Waals surface area contributed by atoms with E-state index >= 15 is 0 Å². The van der Waals surface area contributed by atoms with Gasteiger partial charge in [0.05, 0.1) is 20.8 Å². The molecule has 0 amide bonds. The molecule has 0 saturated carbocycles. The molecule has 6 heteroatoms. The largest absolute Gasteiger partial charge is 0.493 e. The molecule has 0 aromatic heterocycles. The van der Waals surface area contributed by atoms with E-state index in [1.165, 1.54) is 19.8 Å². The highest BCUT2D eigenvalue weighted by atomic mass is 16.5. The lowest BCUT2D eigenvalue weighted by molar-refractivity contribution is -0.158. The third-order valence-electron chi connectivity index (χ3n) is 4.45. The molecule has 0 saturated heterocycles. The minimum absolute atomic E-state index is 0.220. The Morgan fingerprint density at radius 1 is 0.857 bits per heavy atom. The van der Waals surface area contributed by atoms with Crippen LogP contribution < -0.4 is 9.64 Å². The zero-order chi connectivity index (χ0) is 20.5. The zero-order valence-corrected chi connectivity index (χ0v) is 16.8. The molecule has 0 bridgehead atoms. The normalized spacial score (nSPS) is 10.5. The van der Waals surface area contributed by atoms with Gasteiger partial charge in [0.25, 0.3) is 0 Å². The number of ether oxygens (including phenoxy) is 3. The lowest BCUT2D eigenvalue weighted by atomic mass is 9.99. The Balaban J connectivity index is 1.88. The Labute approximate surface area is 166 Å². The van der Waals surface area contributed by atoms with Crippen LogP contribution in [0, 0.1) is 5.92 Å². The lowest BCUT2D eigenvalue weighted by Gasteiger charge is -2.13. The van der Waals surface area contributed by atoms with Gasteiger partial charge in [-0.25, -0.2) is 0 Å². The van der Waals surface area contributed by atoms with Crippen LogP contribution in [-0.2, 0) is 31.9 Å². The van der Waals surface area contributed by atoms with E-state index < -0.39 is 17.9 Å². The number of anilines is 1. The van der Waals surface area contributed by atoms with Crippen LogP contribution in [0.1, 0.15) is 11.1 Å². The molecule has 0 fully saturated rings. The van der Waals surface area contributed by atoms with Gasteiger partial charge in [-0.2, -0.15) is 0 Å². The predicted octanol–water partition coefficient (Wildman–Crippen LogP) is 2.88. The third kappa shape index (κ3) is 6.01. The number of rotatable bonds is 9. The van der Waals surface area contributed by atoms with E-state index in [1.54, 1.807) is 0 Å². The standard InChI is InChI=1S/C22H27NO5/c1-23(2)18-9-5-16(6-10-18)13-14-28-19-11-7-17(8-12-19)15-20(21(24)26-3)22(25)27-4/h5-12,20H,13-15H2,1-4H3. The molecule has 0 unspecified atom stereocenters. The SMILES string of the molecule is COC(=O)C(Cc1ccc(OCCc2ccc(N(C)C)cc2)cc1)C(=O)OC. The van der Waals surface area contributed by atoms with E-state index in [0.29, 0.717) is 6.61 Å². The molecule has 6 nitrogen and oxygen atoms in total. The third-order valence-corrected chi connectivity index (χ3v) is 4.45. The zero-order valence-electron chi connectivity index (χ0n) is 16.8. The van der Waals surface area contributed by atoms with Crippen molar-refractivity contribution in [3.8, 4) is 5.75 Å². The number of nitrogens with zero attached hydrogens (tertiary/aromatic N) is 1. The van der Waals surface area contributed by atoms with Crippen LogP contribution in [0.3, 0.4) is 0 Å². The summed E-state index contributed by atoms with van der Waals surface area (Å²) in [6.07, 6.45) is 1.03. The Morgan fingerprint density at radius 2 is 1.39 bits per heavy atom. The molecule has 2 aromatic rings. The summed E-state index contributed by atoms with van der Waals surface area (Å²) >= 11 is 0. The fraction of sp³-hybridized carbons (Fsp3) is 0.364. The fourth-order valence-electron chi connectivity index (χ4n) is 2.75. The fourth-order valence-corrected chi connectivity index (χ4v) is 2.75. The van der Waals surface area contributed by atoms with Crippen LogP contribution in [0.2, 0.25) is 0 Å². The topological polar surface area (TPSA) is 65.1 Å². The van der Waals surface area contributed by atoms with Gasteiger partial charge >= 0.3 is 11.9 Å². The van der Waals surface area contributed by atoms with Crippen molar-refractivity contribution in [3.05, 3.63) is 59.7 Å². The Bertz CT molecular complexity index is 753. The number of carbonyl (C=O) groups is 2. The van der Waals surface area contributed by atoms with Crippen LogP contribution in [0.5, 0.6) is 5.75 Å². The van der Waals surface area contributed by atoms with Crippen LogP contribution in [0.4, 0.5) is 5.69 Å². The van der Waals surface area contributed by atoms with Gasteiger partial charge < -0.3 is 19.1 Å². The number of hydrogen-bond acceptors (Lipinski definition) is 6. The van der Waals surface area contributed by atoms with Crippen LogP contribution in [-0.4, -0.2) is 46.9 Å². The molecule has 150 valence electrons. The first-order chi connectivity index (χ1) is 13.4. The van der Waals surface area contributed by atoms with Crippen molar-refractivity contribution in [2.45, 2.75) is 12.8 Å². The van der Waals surface area contributed by atoms with Crippen molar-refractivity contribution in [2.24, 2.45) is 5.92 Å². The van der Waals surface area contributed by atoms with Crippen molar-refractivity contribution in [1.29, 1.82) is 0 Å². The summed E-state index contributed by atoms with van der Waals surface area (Å²) in [5.74, 6) is -1.44. The summed E-state index contributed by atoms with van der Waals surface area (Å²) in [6, 6.07) is 15.7. The molecule has 0 heterocycles. The van der Waals surface area contributed by atoms with E-state index in [0.717, 1.165) is 23.4 Å². The Morgan fingerprint density at radius 3 is 1.89 bits per heavy atom. The maximum absolute atomic E-state index is 11.8. The van der Waals surface area contributed by atoms with E-state index in [9.17, 15) is 9.59 Å². The summed E-state index contributed by atoms with van der Waals surface area (Å²) in [5.41, 5.74) is 3.20. The minimum Gasteiger partial charge on any atom is -0.493 e. The number of methoxy groups -OCH3 is 2. The maximum atomic E-state index is 11.8. The van der Waals surface area contributed by atoms with Gasteiger partial charge in [-0.1, -0.05) is 24.3 Å². The lowest BCUT2D eigenvalue weighted by Crippen LogP contribution is -2.28. The van der Waals surface area contributed by atoms with Crippen molar-refractivity contribution in [3.63, 3.8) is 0 Å². The molecule has 0 atom stereocenters. The van der Waals surface area contributed by atoms with Gasteiger partial charge in [-0.3, -0.25) is 9.59 Å². The monoisotopic (exact) mass is 385 g/mol. The molecule has 2 aromatic carbocycles. The van der Waals surface area contributed by atoms with Crippen molar-refractivity contribution in [2.75, 3.05) is 39.8 Å². The van der Waals surface area contributed by atoms with Crippen LogP contribution in [0.15, 0.2) is 48.5 Å². The molecule has 28 heavy (non-hydrogen) atoms. The van der Waals surface area contributed by atoms with Gasteiger partial charge in [-0.15, -0.1) is 0 Å². The highest BCUT2D eigenvalue weighted by Gasteiger charge is 2.28. The summed E-state index contributed by atoms with van der Waals surface area (Å²) < 4.78 is 15.2. The van der Waals surface area contributed by atoms with Gasteiger partial charge in [0.1, 0.15) is 5.75 Å². The number of esters is 2. The second-order valence-corrected chi connectivity index (χ2v) is 6.61. The number of hydrogen-bond donors (Lipinski definition) is 0. The van der Waals surface area contributed by atoms with Gasteiger partial charge in [-0.05, 0) is 41.8 Å². The van der Waals surface area contributed by atoms with E-state index in [4.69, 9.17) is 4.74 Å². The molecular weight excluding hydrogens is 358 g/mol. The summed E-state index contributed by atoms with van der Waals surface area (Å²) in [4.78, 5) is 25.6. The van der Waals surface area contributed by atoms with Gasteiger partial charge in [0, 0.05) is 26.2 Å². The van der Waals surface area contributed by atoms with E-state index in [1.807, 2.05) is 38.4 Å². The molecule has 0 spiro atoms. The molecule has 0 radical (unpaired) electrons. The highest BCUT2D eigenvalue weighted by Crippen LogP contribution is 2.18. The van der Waals surface area contributed by atoms with Gasteiger partial charge in [0.15, 0.2) is 5.92 Å². The quantitative estimate of drug-likeness (QED) is 0.489.